The van der Waals surface area contributed by atoms with Gasteiger partial charge in [-0.25, -0.2) is 4.79 Å². The molecule has 0 spiro atoms. The lowest BCUT2D eigenvalue weighted by Gasteiger charge is -2.35. The highest BCUT2D eigenvalue weighted by molar-refractivity contribution is 5.74. The summed E-state index contributed by atoms with van der Waals surface area (Å²) in [5.74, 6) is -1.36. The van der Waals surface area contributed by atoms with Gasteiger partial charge in [-0.3, -0.25) is 4.79 Å². The molecule has 1 heterocycles. The summed E-state index contributed by atoms with van der Waals surface area (Å²) >= 11 is 0. The van der Waals surface area contributed by atoms with E-state index >= 15 is 0 Å². The number of carbonyl (C=O) groups excluding carboxylic acids is 2. The van der Waals surface area contributed by atoms with Crippen molar-refractivity contribution in [1.82, 2.24) is 4.90 Å². The average molecular weight is 282 g/mol. The summed E-state index contributed by atoms with van der Waals surface area (Å²) in [4.78, 5) is 25.2. The van der Waals surface area contributed by atoms with Gasteiger partial charge in [0.25, 0.3) is 0 Å². The molecule has 0 saturated carbocycles. The van der Waals surface area contributed by atoms with E-state index in [0.717, 1.165) is 0 Å². The predicted molar refractivity (Wildman–Crippen MR) is 71.7 cm³/mol. The van der Waals surface area contributed by atoms with Gasteiger partial charge >= 0.3 is 12.1 Å². The fourth-order valence-corrected chi connectivity index (χ4v) is 2.11. The standard InChI is InChI=1S/C14H22N2O4/c1-5-19-12(17)11-6-7-16(9-10(11)8-15)13(18)20-14(2,3)4/h10-11H,5-7,9H2,1-4H3/t10?,11-/m1/s1. The van der Waals surface area contributed by atoms with E-state index in [0.29, 0.717) is 19.6 Å². The maximum atomic E-state index is 12.0. The minimum absolute atomic E-state index is 0.203. The molecule has 1 amide bonds. The minimum Gasteiger partial charge on any atom is -0.466 e. The molecule has 1 aliphatic heterocycles. The van der Waals surface area contributed by atoms with Crippen LogP contribution in [0.1, 0.15) is 34.1 Å². The molecule has 1 unspecified atom stereocenters. The van der Waals surface area contributed by atoms with Gasteiger partial charge in [0.1, 0.15) is 5.60 Å². The summed E-state index contributed by atoms with van der Waals surface area (Å²) in [7, 11) is 0. The molecule has 20 heavy (non-hydrogen) atoms. The minimum atomic E-state index is -0.572. The first-order chi connectivity index (χ1) is 9.28. The Bertz CT molecular complexity index is 408. The van der Waals surface area contributed by atoms with Crippen LogP contribution in [0.2, 0.25) is 0 Å². The number of nitriles is 1. The molecule has 0 aromatic heterocycles. The Balaban J connectivity index is 2.66. The van der Waals surface area contributed by atoms with Crippen molar-refractivity contribution in [2.24, 2.45) is 11.8 Å². The van der Waals surface area contributed by atoms with Crippen molar-refractivity contribution >= 4 is 12.1 Å². The van der Waals surface area contributed by atoms with E-state index in [1.165, 1.54) is 4.90 Å². The number of esters is 1. The molecular weight excluding hydrogens is 260 g/mol. The summed E-state index contributed by atoms with van der Waals surface area (Å²) in [6, 6.07) is 2.09. The van der Waals surface area contributed by atoms with Gasteiger partial charge < -0.3 is 14.4 Å². The number of amides is 1. The van der Waals surface area contributed by atoms with Crippen molar-refractivity contribution in [2.45, 2.75) is 39.7 Å². The Hall–Kier alpha value is -1.77. The highest BCUT2D eigenvalue weighted by atomic mass is 16.6. The number of hydrogen-bond donors (Lipinski definition) is 0. The van der Waals surface area contributed by atoms with E-state index in [4.69, 9.17) is 9.47 Å². The van der Waals surface area contributed by atoms with Crippen LogP contribution in [-0.2, 0) is 14.3 Å². The summed E-state index contributed by atoms with van der Waals surface area (Å²) in [5.41, 5.74) is -0.572. The molecule has 0 aromatic rings. The summed E-state index contributed by atoms with van der Waals surface area (Å²) < 4.78 is 10.2. The molecule has 112 valence electrons. The van der Waals surface area contributed by atoms with E-state index in [9.17, 15) is 14.9 Å². The van der Waals surface area contributed by atoms with Gasteiger partial charge in [0.2, 0.25) is 0 Å². The first-order valence-electron chi connectivity index (χ1n) is 6.82. The number of carbonyl (C=O) groups is 2. The van der Waals surface area contributed by atoms with Crippen LogP contribution in [0.4, 0.5) is 4.79 Å². The summed E-state index contributed by atoms with van der Waals surface area (Å²) in [6.07, 6.45) is -0.0175. The molecule has 6 heteroatoms. The third-order valence-electron chi connectivity index (χ3n) is 3.02. The molecule has 0 aliphatic carbocycles. The van der Waals surface area contributed by atoms with Crippen LogP contribution in [-0.4, -0.2) is 42.3 Å². The van der Waals surface area contributed by atoms with Crippen molar-refractivity contribution in [3.05, 3.63) is 0 Å². The van der Waals surface area contributed by atoms with Crippen molar-refractivity contribution in [3.63, 3.8) is 0 Å². The number of ether oxygens (including phenoxy) is 2. The van der Waals surface area contributed by atoms with E-state index in [1.807, 2.05) is 0 Å². The van der Waals surface area contributed by atoms with E-state index in [2.05, 4.69) is 6.07 Å². The molecule has 6 nitrogen and oxygen atoms in total. The first-order valence-corrected chi connectivity index (χ1v) is 6.82. The van der Waals surface area contributed by atoms with Gasteiger partial charge in [-0.05, 0) is 34.1 Å². The zero-order valence-corrected chi connectivity index (χ0v) is 12.5. The predicted octanol–water partition coefficient (Wildman–Crippen LogP) is 1.95. The van der Waals surface area contributed by atoms with Crippen molar-refractivity contribution in [2.75, 3.05) is 19.7 Å². The average Bonchev–Trinajstić information content (AvgIpc) is 2.36. The fraction of sp³-hybridized carbons (Fsp3) is 0.786. The van der Waals surface area contributed by atoms with Gasteiger partial charge in [-0.1, -0.05) is 0 Å². The van der Waals surface area contributed by atoms with Crippen molar-refractivity contribution in [1.29, 1.82) is 5.26 Å². The van der Waals surface area contributed by atoms with Crippen LogP contribution in [0, 0.1) is 23.2 Å². The van der Waals surface area contributed by atoms with Gasteiger partial charge in [-0.2, -0.15) is 5.26 Å². The van der Waals surface area contributed by atoms with Gasteiger partial charge in [0.15, 0.2) is 0 Å². The Morgan fingerprint density at radius 1 is 1.40 bits per heavy atom. The Kier molecular flexibility index (Phi) is 5.37. The molecule has 0 aromatic carbocycles. The molecule has 1 fully saturated rings. The number of rotatable bonds is 2. The highest BCUT2D eigenvalue weighted by Gasteiger charge is 2.38. The molecule has 0 N–H and O–H groups in total. The second kappa shape index (κ2) is 6.60. The smallest absolute Gasteiger partial charge is 0.410 e. The molecule has 2 atom stereocenters. The van der Waals surface area contributed by atoms with Crippen LogP contribution in [0.25, 0.3) is 0 Å². The van der Waals surface area contributed by atoms with Gasteiger partial charge in [0.05, 0.1) is 24.5 Å². The Morgan fingerprint density at radius 3 is 2.55 bits per heavy atom. The van der Waals surface area contributed by atoms with Crippen LogP contribution in [0.15, 0.2) is 0 Å². The fourth-order valence-electron chi connectivity index (χ4n) is 2.11. The molecule has 0 radical (unpaired) electrons. The lowest BCUT2D eigenvalue weighted by Crippen LogP contribution is -2.47. The SMILES string of the molecule is CCOC(=O)[C@@H]1CCN(C(=O)OC(C)(C)C)CC1C#N. The number of hydrogen-bond acceptors (Lipinski definition) is 5. The largest absolute Gasteiger partial charge is 0.466 e. The van der Waals surface area contributed by atoms with E-state index < -0.39 is 23.5 Å². The lowest BCUT2D eigenvalue weighted by molar-refractivity contribution is -0.151. The van der Waals surface area contributed by atoms with Crippen molar-refractivity contribution < 1.29 is 19.1 Å². The lowest BCUT2D eigenvalue weighted by atomic mass is 9.86. The van der Waals surface area contributed by atoms with E-state index in [1.54, 1.807) is 27.7 Å². The topological polar surface area (TPSA) is 79.6 Å². The maximum Gasteiger partial charge on any atom is 0.410 e. The molecular formula is C14H22N2O4. The van der Waals surface area contributed by atoms with Crippen molar-refractivity contribution in [3.8, 4) is 6.07 Å². The van der Waals surface area contributed by atoms with Gasteiger partial charge in [0, 0.05) is 13.1 Å². The second-order valence-corrected chi connectivity index (χ2v) is 5.81. The number of likely N-dealkylation sites (tertiary alicyclic amines) is 1. The summed E-state index contributed by atoms with van der Waals surface area (Å²) in [5, 5.41) is 9.17. The van der Waals surface area contributed by atoms with E-state index in [-0.39, 0.29) is 12.5 Å². The van der Waals surface area contributed by atoms with Crippen LogP contribution in [0.5, 0.6) is 0 Å². The van der Waals surface area contributed by atoms with Gasteiger partial charge in [-0.15, -0.1) is 0 Å². The Labute approximate surface area is 119 Å². The first kappa shape index (κ1) is 16.3. The number of piperidine rings is 1. The maximum absolute atomic E-state index is 12.0. The monoisotopic (exact) mass is 282 g/mol. The number of nitrogens with zero attached hydrogens (tertiary/aromatic N) is 2. The molecule has 0 bridgehead atoms. The normalized spacial score (nSPS) is 22.9. The quantitative estimate of drug-likeness (QED) is 0.723. The third-order valence-corrected chi connectivity index (χ3v) is 3.02. The Morgan fingerprint density at radius 2 is 2.05 bits per heavy atom. The highest BCUT2D eigenvalue weighted by Crippen LogP contribution is 2.25. The third kappa shape index (κ3) is 4.41. The zero-order valence-electron chi connectivity index (χ0n) is 12.5. The van der Waals surface area contributed by atoms with Crippen LogP contribution >= 0.6 is 0 Å². The zero-order chi connectivity index (χ0) is 15.3. The second-order valence-electron chi connectivity index (χ2n) is 5.81. The van der Waals surface area contributed by atoms with Crippen LogP contribution in [0.3, 0.4) is 0 Å². The molecule has 1 saturated heterocycles. The molecule has 1 rings (SSSR count). The van der Waals surface area contributed by atoms with Crippen LogP contribution < -0.4 is 0 Å². The summed E-state index contributed by atoms with van der Waals surface area (Å²) in [6.45, 7) is 8.00. The molecule has 1 aliphatic rings.